The van der Waals surface area contributed by atoms with Crippen LogP contribution in [-0.4, -0.2) is 32.0 Å². The van der Waals surface area contributed by atoms with Gasteiger partial charge in [0.1, 0.15) is 16.5 Å². The molecule has 0 fully saturated rings. The summed E-state index contributed by atoms with van der Waals surface area (Å²) in [6.07, 6.45) is 6.63. The van der Waals surface area contributed by atoms with Crippen LogP contribution in [0.1, 0.15) is 35.7 Å². The number of aromatic nitrogens is 4. The molecule has 0 saturated heterocycles. The number of furan rings is 1. The first kappa shape index (κ1) is 20.0. The normalized spacial score (nSPS) is 11.2. The largest absolute Gasteiger partial charge is 0.467 e. The summed E-state index contributed by atoms with van der Waals surface area (Å²) in [6.45, 7) is 7.24. The quantitative estimate of drug-likeness (QED) is 0.478. The molecule has 7 nitrogen and oxygen atoms in total. The maximum atomic E-state index is 12.8. The average Bonchev–Trinajstić information content (AvgIpc) is 3.49. The Bertz CT molecular complexity index is 1130. The fraction of sp³-hybridized carbons (Fsp3) is 0.273. The summed E-state index contributed by atoms with van der Waals surface area (Å²) < 4.78 is 7.62. The molecule has 4 heterocycles. The Morgan fingerprint density at radius 1 is 1.30 bits per heavy atom. The van der Waals surface area contributed by atoms with E-state index in [4.69, 9.17) is 9.40 Å². The van der Waals surface area contributed by atoms with Crippen molar-refractivity contribution in [2.45, 2.75) is 27.3 Å². The minimum absolute atomic E-state index is 0.0787. The summed E-state index contributed by atoms with van der Waals surface area (Å²) in [6, 6.07) is 5.69. The van der Waals surface area contributed by atoms with Gasteiger partial charge in [0, 0.05) is 30.0 Å². The van der Waals surface area contributed by atoms with E-state index in [1.54, 1.807) is 24.9 Å². The van der Waals surface area contributed by atoms with Crippen molar-refractivity contribution in [3.05, 3.63) is 65.5 Å². The van der Waals surface area contributed by atoms with Crippen molar-refractivity contribution in [2.24, 2.45) is 5.92 Å². The molecule has 0 radical (unpaired) electrons. The van der Waals surface area contributed by atoms with Gasteiger partial charge in [-0.25, -0.2) is 4.98 Å². The lowest BCUT2D eigenvalue weighted by molar-refractivity contribution is 0.0948. The molecule has 0 saturated carbocycles. The van der Waals surface area contributed by atoms with Crippen molar-refractivity contribution in [1.29, 1.82) is 0 Å². The van der Waals surface area contributed by atoms with E-state index < -0.39 is 0 Å². The monoisotopic (exact) mass is 421 g/mol. The first-order valence-corrected chi connectivity index (χ1v) is 10.6. The van der Waals surface area contributed by atoms with Crippen LogP contribution >= 0.6 is 11.3 Å². The number of amides is 1. The predicted molar refractivity (Wildman–Crippen MR) is 116 cm³/mol. The first-order chi connectivity index (χ1) is 14.5. The maximum absolute atomic E-state index is 12.8. The van der Waals surface area contributed by atoms with E-state index in [0.29, 0.717) is 24.6 Å². The van der Waals surface area contributed by atoms with Crippen LogP contribution in [-0.2, 0) is 6.54 Å². The summed E-state index contributed by atoms with van der Waals surface area (Å²) >= 11 is 1.50. The zero-order valence-electron chi connectivity index (χ0n) is 17.1. The number of carbonyl (C=O) groups is 1. The third-order valence-electron chi connectivity index (χ3n) is 4.72. The van der Waals surface area contributed by atoms with Gasteiger partial charge in [-0.05, 0) is 31.0 Å². The van der Waals surface area contributed by atoms with E-state index in [1.807, 2.05) is 30.5 Å². The molecule has 1 N–H and O–H groups in total. The van der Waals surface area contributed by atoms with E-state index >= 15 is 0 Å². The van der Waals surface area contributed by atoms with Gasteiger partial charge in [0.05, 0.1) is 36.0 Å². The summed E-state index contributed by atoms with van der Waals surface area (Å²) in [5.74, 6) is 1.12. The van der Waals surface area contributed by atoms with Crippen LogP contribution < -0.4 is 5.32 Å². The molecule has 4 aromatic heterocycles. The Morgan fingerprint density at radius 2 is 2.17 bits per heavy atom. The molecule has 0 aliphatic heterocycles. The molecular weight excluding hydrogens is 398 g/mol. The van der Waals surface area contributed by atoms with Gasteiger partial charge in [-0.1, -0.05) is 13.8 Å². The van der Waals surface area contributed by atoms with E-state index in [9.17, 15) is 4.79 Å². The lowest BCUT2D eigenvalue weighted by atomic mass is 10.2. The van der Waals surface area contributed by atoms with E-state index in [-0.39, 0.29) is 5.91 Å². The summed E-state index contributed by atoms with van der Waals surface area (Å²) in [5, 5.41) is 5.77. The third kappa shape index (κ3) is 4.18. The minimum atomic E-state index is -0.0787. The van der Waals surface area contributed by atoms with Crippen LogP contribution in [0.25, 0.3) is 22.1 Å². The minimum Gasteiger partial charge on any atom is -0.467 e. The van der Waals surface area contributed by atoms with Crippen molar-refractivity contribution in [3.8, 4) is 22.1 Å². The van der Waals surface area contributed by atoms with Gasteiger partial charge in [0.25, 0.3) is 5.91 Å². The zero-order valence-corrected chi connectivity index (χ0v) is 17.9. The van der Waals surface area contributed by atoms with E-state index in [0.717, 1.165) is 33.5 Å². The molecule has 1 amide bonds. The average molecular weight is 422 g/mol. The van der Waals surface area contributed by atoms with Gasteiger partial charge < -0.3 is 14.3 Å². The van der Waals surface area contributed by atoms with Gasteiger partial charge in [0.2, 0.25) is 0 Å². The lowest BCUT2D eigenvalue weighted by Crippen LogP contribution is -2.27. The second kappa shape index (κ2) is 8.62. The number of thiazole rings is 1. The smallest absolute Gasteiger partial charge is 0.253 e. The molecule has 0 aliphatic rings. The first-order valence-electron chi connectivity index (χ1n) is 9.76. The number of rotatable bonds is 7. The summed E-state index contributed by atoms with van der Waals surface area (Å²) in [5.41, 5.74) is 3.90. The van der Waals surface area contributed by atoms with Gasteiger partial charge in [-0.15, -0.1) is 11.3 Å². The number of hydrogen-bond donors (Lipinski definition) is 1. The van der Waals surface area contributed by atoms with Gasteiger partial charge in [-0.2, -0.15) is 0 Å². The molecule has 0 atom stereocenters. The molecule has 8 heteroatoms. The molecular formula is C22H23N5O2S. The van der Waals surface area contributed by atoms with Crippen molar-refractivity contribution in [1.82, 2.24) is 24.8 Å². The molecule has 30 heavy (non-hydrogen) atoms. The van der Waals surface area contributed by atoms with Crippen LogP contribution in [0.3, 0.4) is 0 Å². The van der Waals surface area contributed by atoms with E-state index in [1.165, 1.54) is 11.3 Å². The van der Waals surface area contributed by atoms with Crippen LogP contribution in [0.5, 0.6) is 0 Å². The molecule has 0 bridgehead atoms. The highest BCUT2D eigenvalue weighted by atomic mass is 32.1. The van der Waals surface area contributed by atoms with Crippen molar-refractivity contribution < 1.29 is 9.21 Å². The molecule has 0 unspecified atom stereocenters. The zero-order chi connectivity index (χ0) is 21.1. The lowest BCUT2D eigenvalue weighted by Gasteiger charge is -2.10. The Morgan fingerprint density at radius 3 is 2.87 bits per heavy atom. The molecule has 4 rings (SSSR count). The number of nitrogens with zero attached hydrogens (tertiary/aromatic N) is 4. The molecule has 4 aromatic rings. The SMILES string of the molecule is Cc1c(C(=O)NCC(C)C)cc(-c2csc(-c3cnccn3)n2)n1Cc1ccco1. The van der Waals surface area contributed by atoms with Crippen LogP contribution in [0, 0.1) is 12.8 Å². The molecule has 154 valence electrons. The molecule has 0 aromatic carbocycles. The van der Waals surface area contributed by atoms with Crippen LogP contribution in [0.2, 0.25) is 0 Å². The van der Waals surface area contributed by atoms with E-state index in [2.05, 4.69) is 33.7 Å². The van der Waals surface area contributed by atoms with Crippen LogP contribution in [0.15, 0.2) is 52.9 Å². The fourth-order valence-electron chi connectivity index (χ4n) is 3.16. The van der Waals surface area contributed by atoms with Crippen LogP contribution in [0.4, 0.5) is 0 Å². The molecule has 0 spiro atoms. The number of nitrogens with one attached hydrogen (secondary N) is 1. The highest BCUT2D eigenvalue weighted by Crippen LogP contribution is 2.31. The topological polar surface area (TPSA) is 85.8 Å². The molecule has 0 aliphatic carbocycles. The second-order valence-electron chi connectivity index (χ2n) is 7.43. The van der Waals surface area contributed by atoms with Gasteiger partial charge in [0.15, 0.2) is 0 Å². The Balaban J connectivity index is 1.73. The fourth-order valence-corrected chi connectivity index (χ4v) is 3.93. The number of carbonyl (C=O) groups excluding carboxylic acids is 1. The summed E-state index contributed by atoms with van der Waals surface area (Å²) in [4.78, 5) is 26.0. The third-order valence-corrected chi connectivity index (χ3v) is 5.59. The van der Waals surface area contributed by atoms with Gasteiger partial charge >= 0.3 is 0 Å². The predicted octanol–water partition coefficient (Wildman–Crippen LogP) is 4.40. The Kier molecular flexibility index (Phi) is 5.76. The highest BCUT2D eigenvalue weighted by Gasteiger charge is 2.21. The van der Waals surface area contributed by atoms with Crippen molar-refractivity contribution in [2.75, 3.05) is 6.54 Å². The second-order valence-corrected chi connectivity index (χ2v) is 8.28. The summed E-state index contributed by atoms with van der Waals surface area (Å²) in [7, 11) is 0. The Labute approximate surface area is 178 Å². The highest BCUT2D eigenvalue weighted by molar-refractivity contribution is 7.13. The number of hydrogen-bond acceptors (Lipinski definition) is 6. The van der Waals surface area contributed by atoms with Crippen molar-refractivity contribution >= 4 is 17.2 Å². The van der Waals surface area contributed by atoms with Gasteiger partial charge in [-0.3, -0.25) is 14.8 Å². The maximum Gasteiger partial charge on any atom is 0.253 e. The standard InChI is InChI=1S/C22H23N5O2S/c1-14(2)10-25-21(28)17-9-20(27(15(17)3)12-16-5-4-8-29-16)19-13-30-22(26-19)18-11-23-6-7-24-18/h4-9,11,13-14H,10,12H2,1-3H3,(H,25,28). The Hall–Kier alpha value is -3.26. The van der Waals surface area contributed by atoms with Crippen molar-refractivity contribution in [3.63, 3.8) is 0 Å².